The summed E-state index contributed by atoms with van der Waals surface area (Å²) >= 11 is 1.75. The minimum Gasteiger partial charge on any atom is -0.490 e. The SMILES string of the molecule is CCOc1cc(-c2csc3ccccc23)cc2c1OCCN(C(=O)C1CCOC(C)(C)C1)C2. The highest BCUT2D eigenvalue weighted by molar-refractivity contribution is 7.17. The highest BCUT2D eigenvalue weighted by Gasteiger charge is 2.36. The van der Waals surface area contributed by atoms with E-state index in [1.54, 1.807) is 11.3 Å². The lowest BCUT2D eigenvalue weighted by molar-refractivity contribution is -0.146. The maximum atomic E-state index is 13.5. The van der Waals surface area contributed by atoms with Crippen molar-refractivity contribution in [2.75, 3.05) is 26.4 Å². The number of ether oxygens (including phenoxy) is 3. The maximum Gasteiger partial charge on any atom is 0.226 e. The Labute approximate surface area is 199 Å². The Bertz CT molecular complexity index is 1170. The lowest BCUT2D eigenvalue weighted by Crippen LogP contribution is -2.43. The molecule has 5 nitrogen and oxygen atoms in total. The van der Waals surface area contributed by atoms with Crippen LogP contribution in [-0.4, -0.2) is 42.8 Å². The van der Waals surface area contributed by atoms with Gasteiger partial charge in [0.15, 0.2) is 11.5 Å². The molecule has 0 spiro atoms. The van der Waals surface area contributed by atoms with Gasteiger partial charge in [0.25, 0.3) is 0 Å². The highest BCUT2D eigenvalue weighted by atomic mass is 32.1. The molecule has 0 N–H and O–H groups in total. The molecule has 2 aliphatic heterocycles. The topological polar surface area (TPSA) is 48.0 Å². The first kappa shape index (κ1) is 22.2. The van der Waals surface area contributed by atoms with Crippen LogP contribution in [0.4, 0.5) is 0 Å². The quantitative estimate of drug-likeness (QED) is 0.482. The summed E-state index contributed by atoms with van der Waals surface area (Å²) in [5.74, 6) is 1.71. The van der Waals surface area contributed by atoms with Crippen LogP contribution in [-0.2, 0) is 16.1 Å². The smallest absolute Gasteiger partial charge is 0.226 e. The average Bonchev–Trinajstić information content (AvgIpc) is 3.10. The van der Waals surface area contributed by atoms with Gasteiger partial charge in [0.1, 0.15) is 6.61 Å². The molecule has 1 amide bonds. The summed E-state index contributed by atoms with van der Waals surface area (Å²) in [5, 5.41) is 3.43. The molecule has 1 aromatic heterocycles. The molecular formula is C27H31NO4S. The second-order valence-corrected chi connectivity index (χ2v) is 10.4. The number of carbonyl (C=O) groups is 1. The molecule has 3 heterocycles. The lowest BCUT2D eigenvalue weighted by Gasteiger charge is -2.36. The Morgan fingerprint density at radius 2 is 2.09 bits per heavy atom. The van der Waals surface area contributed by atoms with Gasteiger partial charge >= 0.3 is 0 Å². The van der Waals surface area contributed by atoms with Crippen LogP contribution in [0.25, 0.3) is 21.2 Å². The second kappa shape index (κ2) is 8.99. The van der Waals surface area contributed by atoms with Gasteiger partial charge in [-0.05, 0) is 62.8 Å². The summed E-state index contributed by atoms with van der Waals surface area (Å²) < 4.78 is 19.3. The zero-order valence-electron chi connectivity index (χ0n) is 19.6. The number of carbonyl (C=O) groups excluding carboxylic acids is 1. The Morgan fingerprint density at radius 1 is 1.24 bits per heavy atom. The molecule has 2 aromatic carbocycles. The molecule has 3 aromatic rings. The molecule has 2 aliphatic rings. The molecule has 0 aliphatic carbocycles. The van der Waals surface area contributed by atoms with Gasteiger partial charge in [-0.1, -0.05) is 18.2 Å². The van der Waals surface area contributed by atoms with E-state index in [4.69, 9.17) is 14.2 Å². The molecule has 1 saturated heterocycles. The largest absolute Gasteiger partial charge is 0.490 e. The van der Waals surface area contributed by atoms with E-state index >= 15 is 0 Å². The first-order chi connectivity index (χ1) is 15.9. The Morgan fingerprint density at radius 3 is 2.91 bits per heavy atom. The van der Waals surface area contributed by atoms with Crippen LogP contribution in [0.1, 0.15) is 39.2 Å². The monoisotopic (exact) mass is 465 g/mol. The minimum atomic E-state index is -0.256. The van der Waals surface area contributed by atoms with Crippen molar-refractivity contribution in [2.24, 2.45) is 5.92 Å². The molecular weight excluding hydrogens is 434 g/mol. The van der Waals surface area contributed by atoms with Crippen molar-refractivity contribution in [1.29, 1.82) is 0 Å². The third-order valence-electron chi connectivity index (χ3n) is 6.55. The summed E-state index contributed by atoms with van der Waals surface area (Å²) in [6, 6.07) is 12.7. The zero-order chi connectivity index (χ0) is 23.0. The average molecular weight is 466 g/mol. The van der Waals surface area contributed by atoms with Gasteiger partial charge in [-0.15, -0.1) is 11.3 Å². The van der Waals surface area contributed by atoms with Crippen molar-refractivity contribution in [3.8, 4) is 22.6 Å². The van der Waals surface area contributed by atoms with Gasteiger partial charge < -0.3 is 19.1 Å². The van der Waals surface area contributed by atoms with Crippen LogP contribution in [0, 0.1) is 5.92 Å². The van der Waals surface area contributed by atoms with Crippen molar-refractivity contribution in [3.05, 3.63) is 47.3 Å². The van der Waals surface area contributed by atoms with Crippen LogP contribution in [0.2, 0.25) is 0 Å². The van der Waals surface area contributed by atoms with E-state index in [0.717, 1.165) is 35.5 Å². The van der Waals surface area contributed by atoms with Gasteiger partial charge in [0.2, 0.25) is 5.91 Å². The lowest BCUT2D eigenvalue weighted by atomic mass is 9.87. The Kier molecular flexibility index (Phi) is 6.06. The van der Waals surface area contributed by atoms with Crippen molar-refractivity contribution >= 4 is 27.3 Å². The van der Waals surface area contributed by atoms with Gasteiger partial charge in [0, 0.05) is 40.3 Å². The summed E-state index contributed by atoms with van der Waals surface area (Å²) in [6.45, 7) is 8.88. The van der Waals surface area contributed by atoms with Crippen molar-refractivity contribution in [2.45, 2.75) is 45.8 Å². The molecule has 0 radical (unpaired) electrons. The summed E-state index contributed by atoms with van der Waals surface area (Å²) in [5.41, 5.74) is 3.03. The first-order valence-electron chi connectivity index (χ1n) is 11.8. The van der Waals surface area contributed by atoms with Gasteiger partial charge in [0.05, 0.1) is 18.8 Å². The summed E-state index contributed by atoms with van der Waals surface area (Å²) in [6.07, 6.45) is 1.53. The van der Waals surface area contributed by atoms with Crippen molar-refractivity contribution < 1.29 is 19.0 Å². The van der Waals surface area contributed by atoms with Gasteiger partial charge in [-0.25, -0.2) is 0 Å². The number of fused-ring (bicyclic) bond motifs is 2. The molecule has 6 heteroatoms. The summed E-state index contributed by atoms with van der Waals surface area (Å²) in [4.78, 5) is 15.4. The molecule has 1 atom stereocenters. The number of hydrogen-bond acceptors (Lipinski definition) is 5. The van der Waals surface area contributed by atoms with E-state index in [2.05, 4.69) is 55.6 Å². The standard InChI is InChI=1S/C27H31NO4S/c1-4-30-23-14-19(22-17-33-24-8-6-5-7-21(22)24)13-20-16-28(10-12-31-25(20)23)26(29)18-9-11-32-27(2,3)15-18/h5-8,13-14,17-18H,4,9-12,15-16H2,1-3H3. The van der Waals surface area contributed by atoms with Crippen LogP contribution < -0.4 is 9.47 Å². The number of nitrogens with zero attached hydrogens (tertiary/aromatic N) is 1. The van der Waals surface area contributed by atoms with Gasteiger partial charge in [-0.2, -0.15) is 0 Å². The molecule has 174 valence electrons. The molecule has 1 unspecified atom stereocenters. The van der Waals surface area contributed by atoms with E-state index in [-0.39, 0.29) is 17.4 Å². The van der Waals surface area contributed by atoms with E-state index in [0.29, 0.717) is 32.9 Å². The fraction of sp³-hybridized carbons (Fsp3) is 0.444. The molecule has 0 bridgehead atoms. The molecule has 1 fully saturated rings. The van der Waals surface area contributed by atoms with E-state index in [1.165, 1.54) is 15.6 Å². The third-order valence-corrected chi connectivity index (χ3v) is 7.51. The van der Waals surface area contributed by atoms with Crippen molar-refractivity contribution in [1.82, 2.24) is 4.90 Å². The predicted octanol–water partition coefficient (Wildman–Crippen LogP) is 5.89. The Hall–Kier alpha value is -2.57. The number of thiophene rings is 1. The van der Waals surface area contributed by atoms with E-state index in [1.807, 2.05) is 11.8 Å². The fourth-order valence-corrected chi connectivity index (χ4v) is 5.96. The maximum absolute atomic E-state index is 13.5. The van der Waals surface area contributed by atoms with Crippen LogP contribution in [0.5, 0.6) is 11.5 Å². The number of benzene rings is 2. The summed E-state index contributed by atoms with van der Waals surface area (Å²) in [7, 11) is 0. The third kappa shape index (κ3) is 4.46. The normalized spacial score (nSPS) is 20.1. The van der Waals surface area contributed by atoms with Crippen LogP contribution in [0.3, 0.4) is 0 Å². The molecule has 5 rings (SSSR count). The second-order valence-electron chi connectivity index (χ2n) is 9.45. The van der Waals surface area contributed by atoms with E-state index in [9.17, 15) is 4.79 Å². The molecule has 33 heavy (non-hydrogen) atoms. The van der Waals surface area contributed by atoms with Gasteiger partial charge in [-0.3, -0.25) is 4.79 Å². The molecule has 0 saturated carbocycles. The number of hydrogen-bond donors (Lipinski definition) is 0. The Balaban J connectivity index is 1.50. The van der Waals surface area contributed by atoms with Crippen LogP contribution >= 0.6 is 11.3 Å². The van der Waals surface area contributed by atoms with Crippen molar-refractivity contribution in [3.63, 3.8) is 0 Å². The van der Waals surface area contributed by atoms with Crippen LogP contribution in [0.15, 0.2) is 41.8 Å². The van der Waals surface area contributed by atoms with E-state index < -0.39 is 0 Å². The zero-order valence-corrected chi connectivity index (χ0v) is 20.4. The number of rotatable bonds is 4. The minimum absolute atomic E-state index is 0.00865. The first-order valence-corrected chi connectivity index (χ1v) is 12.6. The number of amides is 1. The highest BCUT2D eigenvalue weighted by Crippen LogP contribution is 2.42. The fourth-order valence-electron chi connectivity index (χ4n) is 4.99. The predicted molar refractivity (Wildman–Crippen MR) is 132 cm³/mol.